The molecule has 24 heavy (non-hydrogen) atoms. The Labute approximate surface area is 140 Å². The molecule has 0 amide bonds. The molecule has 0 spiro atoms. The van der Waals surface area contributed by atoms with Crippen molar-refractivity contribution in [2.24, 2.45) is 0 Å². The summed E-state index contributed by atoms with van der Waals surface area (Å²) in [4.78, 5) is 11.6. The molecule has 0 radical (unpaired) electrons. The molecular formula is C17H20N6O. The molecule has 0 atom stereocenters. The summed E-state index contributed by atoms with van der Waals surface area (Å²) in [6.07, 6.45) is 5.73. The molecule has 4 rings (SSSR count). The summed E-state index contributed by atoms with van der Waals surface area (Å²) in [5.74, 6) is 2.61. The summed E-state index contributed by atoms with van der Waals surface area (Å²) in [7, 11) is 1.68. The monoisotopic (exact) mass is 324 g/mol. The quantitative estimate of drug-likeness (QED) is 0.737. The van der Waals surface area contributed by atoms with E-state index in [2.05, 4.69) is 20.2 Å². The molecule has 0 bridgehead atoms. The summed E-state index contributed by atoms with van der Waals surface area (Å²) < 4.78 is 7.33. The summed E-state index contributed by atoms with van der Waals surface area (Å²) in [5.41, 5.74) is 0.955. The van der Waals surface area contributed by atoms with E-state index in [1.54, 1.807) is 13.3 Å². The number of ether oxygens (including phenoxy) is 1. The predicted molar refractivity (Wildman–Crippen MR) is 91.3 cm³/mol. The van der Waals surface area contributed by atoms with E-state index in [0.717, 1.165) is 54.2 Å². The predicted octanol–water partition coefficient (Wildman–Crippen LogP) is 2.38. The Balaban J connectivity index is 1.64. The van der Waals surface area contributed by atoms with E-state index in [0.29, 0.717) is 6.04 Å². The Morgan fingerprint density at radius 1 is 1.17 bits per heavy atom. The highest BCUT2D eigenvalue weighted by molar-refractivity contribution is 5.90. The van der Waals surface area contributed by atoms with Crippen LogP contribution >= 0.6 is 0 Å². The second kappa shape index (κ2) is 6.07. The number of aromatic nitrogens is 5. The summed E-state index contributed by atoms with van der Waals surface area (Å²) in [6, 6.07) is 6.37. The smallest absolute Gasteiger partial charge is 0.140 e. The van der Waals surface area contributed by atoms with Crippen LogP contribution in [0.25, 0.3) is 10.9 Å². The summed E-state index contributed by atoms with van der Waals surface area (Å²) in [5, 5.41) is 9.08. The van der Waals surface area contributed by atoms with Crippen molar-refractivity contribution in [3.63, 3.8) is 0 Å². The van der Waals surface area contributed by atoms with Crippen molar-refractivity contribution in [2.45, 2.75) is 25.8 Å². The first-order valence-corrected chi connectivity index (χ1v) is 8.18. The highest BCUT2D eigenvalue weighted by atomic mass is 16.5. The molecule has 3 heterocycles. The minimum absolute atomic E-state index is 0.410. The van der Waals surface area contributed by atoms with Gasteiger partial charge in [0, 0.05) is 24.7 Å². The van der Waals surface area contributed by atoms with Gasteiger partial charge in [0.15, 0.2) is 0 Å². The molecule has 2 aromatic heterocycles. The highest BCUT2D eigenvalue weighted by Crippen LogP contribution is 2.31. The second-order valence-electron chi connectivity index (χ2n) is 6.08. The van der Waals surface area contributed by atoms with Crippen LogP contribution in [0.2, 0.25) is 0 Å². The van der Waals surface area contributed by atoms with Crippen LogP contribution in [0.3, 0.4) is 0 Å². The SMILES string of the molecule is COc1ccc2nc(C)nc(N3CCC(n4ccnn4)CC3)c2c1. The average molecular weight is 324 g/mol. The van der Waals surface area contributed by atoms with Crippen molar-refractivity contribution in [2.75, 3.05) is 25.1 Å². The van der Waals surface area contributed by atoms with Crippen molar-refractivity contribution in [3.8, 4) is 5.75 Å². The molecule has 1 fully saturated rings. The fraction of sp³-hybridized carbons (Fsp3) is 0.412. The molecule has 0 N–H and O–H groups in total. The molecule has 7 heteroatoms. The van der Waals surface area contributed by atoms with Crippen LogP contribution in [0, 0.1) is 6.92 Å². The minimum Gasteiger partial charge on any atom is -0.497 e. The van der Waals surface area contributed by atoms with Gasteiger partial charge in [0.05, 0.1) is 24.9 Å². The molecule has 1 aliphatic rings. The fourth-order valence-corrected chi connectivity index (χ4v) is 3.33. The number of rotatable bonds is 3. The molecule has 3 aromatic rings. The van der Waals surface area contributed by atoms with E-state index in [-0.39, 0.29) is 0 Å². The molecule has 1 aromatic carbocycles. The van der Waals surface area contributed by atoms with Gasteiger partial charge in [0.1, 0.15) is 17.4 Å². The van der Waals surface area contributed by atoms with Gasteiger partial charge in [-0.2, -0.15) is 0 Å². The molecule has 0 saturated carbocycles. The largest absolute Gasteiger partial charge is 0.497 e. The van der Waals surface area contributed by atoms with Crippen LogP contribution in [0.5, 0.6) is 5.75 Å². The number of hydrogen-bond donors (Lipinski definition) is 0. The number of hydrogen-bond acceptors (Lipinski definition) is 6. The minimum atomic E-state index is 0.410. The van der Waals surface area contributed by atoms with Gasteiger partial charge in [-0.05, 0) is 38.0 Å². The van der Waals surface area contributed by atoms with Crippen LogP contribution in [-0.2, 0) is 0 Å². The van der Waals surface area contributed by atoms with Crippen LogP contribution in [0.15, 0.2) is 30.6 Å². The van der Waals surface area contributed by atoms with Crippen molar-refractivity contribution >= 4 is 16.7 Å². The van der Waals surface area contributed by atoms with E-state index in [4.69, 9.17) is 9.72 Å². The first kappa shape index (κ1) is 14.9. The van der Waals surface area contributed by atoms with Gasteiger partial charge in [0.25, 0.3) is 0 Å². The van der Waals surface area contributed by atoms with Crippen molar-refractivity contribution in [1.29, 1.82) is 0 Å². The van der Waals surface area contributed by atoms with Gasteiger partial charge in [-0.3, -0.25) is 0 Å². The zero-order chi connectivity index (χ0) is 16.5. The standard InChI is InChI=1S/C17H20N6O/c1-12-19-16-4-3-14(24-2)11-15(16)17(20-12)22-8-5-13(6-9-22)23-10-7-18-21-23/h3-4,7,10-11,13H,5-6,8-9H2,1-2H3. The zero-order valence-electron chi connectivity index (χ0n) is 13.9. The maximum Gasteiger partial charge on any atom is 0.140 e. The first-order valence-electron chi connectivity index (χ1n) is 8.18. The topological polar surface area (TPSA) is 69.0 Å². The van der Waals surface area contributed by atoms with Gasteiger partial charge < -0.3 is 9.64 Å². The van der Waals surface area contributed by atoms with E-state index in [1.807, 2.05) is 36.0 Å². The van der Waals surface area contributed by atoms with E-state index in [1.165, 1.54) is 0 Å². The average Bonchev–Trinajstić information content (AvgIpc) is 3.15. The number of nitrogens with zero attached hydrogens (tertiary/aromatic N) is 6. The number of methoxy groups -OCH3 is 1. The zero-order valence-corrected chi connectivity index (χ0v) is 13.9. The molecular weight excluding hydrogens is 304 g/mol. The van der Waals surface area contributed by atoms with Gasteiger partial charge >= 0.3 is 0 Å². The van der Waals surface area contributed by atoms with E-state index in [9.17, 15) is 0 Å². The first-order chi connectivity index (χ1) is 11.7. The third-order valence-electron chi connectivity index (χ3n) is 4.57. The third-order valence-corrected chi connectivity index (χ3v) is 4.57. The number of piperidine rings is 1. The molecule has 7 nitrogen and oxygen atoms in total. The fourth-order valence-electron chi connectivity index (χ4n) is 3.33. The molecule has 0 aliphatic carbocycles. The normalized spacial score (nSPS) is 15.8. The number of fused-ring (bicyclic) bond motifs is 1. The lowest BCUT2D eigenvalue weighted by Gasteiger charge is -2.33. The maximum absolute atomic E-state index is 5.37. The lowest BCUT2D eigenvalue weighted by Crippen LogP contribution is -2.35. The van der Waals surface area contributed by atoms with Gasteiger partial charge in [-0.25, -0.2) is 14.6 Å². The van der Waals surface area contributed by atoms with Crippen molar-refractivity contribution < 1.29 is 4.74 Å². The molecule has 1 aliphatic heterocycles. The van der Waals surface area contributed by atoms with Gasteiger partial charge in [-0.1, -0.05) is 5.21 Å². The maximum atomic E-state index is 5.37. The van der Waals surface area contributed by atoms with Crippen LogP contribution in [0.1, 0.15) is 24.7 Å². The second-order valence-corrected chi connectivity index (χ2v) is 6.08. The van der Waals surface area contributed by atoms with Crippen LogP contribution in [-0.4, -0.2) is 45.2 Å². The summed E-state index contributed by atoms with van der Waals surface area (Å²) >= 11 is 0. The highest BCUT2D eigenvalue weighted by Gasteiger charge is 2.23. The Hall–Kier alpha value is -2.70. The third kappa shape index (κ3) is 2.66. The van der Waals surface area contributed by atoms with Gasteiger partial charge in [-0.15, -0.1) is 5.10 Å². The van der Waals surface area contributed by atoms with Crippen LogP contribution in [0.4, 0.5) is 5.82 Å². The summed E-state index contributed by atoms with van der Waals surface area (Å²) in [6.45, 7) is 3.82. The number of anilines is 1. The Kier molecular flexibility index (Phi) is 3.76. The Morgan fingerprint density at radius 3 is 2.71 bits per heavy atom. The lowest BCUT2D eigenvalue weighted by molar-refractivity contribution is 0.359. The Bertz CT molecular complexity index is 840. The number of benzene rings is 1. The Morgan fingerprint density at radius 2 is 2.00 bits per heavy atom. The van der Waals surface area contributed by atoms with Crippen LogP contribution < -0.4 is 9.64 Å². The van der Waals surface area contributed by atoms with Gasteiger partial charge in [0.2, 0.25) is 0 Å². The lowest BCUT2D eigenvalue weighted by atomic mass is 10.0. The molecule has 124 valence electrons. The number of aryl methyl sites for hydroxylation is 1. The van der Waals surface area contributed by atoms with Crippen molar-refractivity contribution in [1.82, 2.24) is 25.0 Å². The molecule has 0 unspecified atom stereocenters. The van der Waals surface area contributed by atoms with Crippen molar-refractivity contribution in [3.05, 3.63) is 36.4 Å². The molecule has 1 saturated heterocycles. The van der Waals surface area contributed by atoms with E-state index < -0.39 is 0 Å². The van der Waals surface area contributed by atoms with E-state index >= 15 is 0 Å².